The molecule has 0 aliphatic heterocycles. The molecule has 0 amide bonds. The SMILES string of the molecule is CSCc1nnc(-c2cccc(C(=O)O)c2)o1. The summed E-state index contributed by atoms with van der Waals surface area (Å²) in [5, 5.41) is 16.6. The number of nitrogens with zero attached hydrogens (tertiary/aromatic N) is 2. The predicted octanol–water partition coefficient (Wildman–Crippen LogP) is 2.30. The zero-order valence-corrected chi connectivity index (χ0v) is 9.90. The van der Waals surface area contributed by atoms with Crippen molar-refractivity contribution in [1.29, 1.82) is 0 Å². The molecule has 1 aromatic heterocycles. The van der Waals surface area contributed by atoms with Gasteiger partial charge in [0.05, 0.1) is 11.3 Å². The van der Waals surface area contributed by atoms with Gasteiger partial charge in [0.2, 0.25) is 11.8 Å². The number of hydrogen-bond donors (Lipinski definition) is 1. The van der Waals surface area contributed by atoms with Crippen LogP contribution >= 0.6 is 11.8 Å². The lowest BCUT2D eigenvalue weighted by molar-refractivity contribution is 0.0697. The zero-order chi connectivity index (χ0) is 12.3. The van der Waals surface area contributed by atoms with E-state index in [2.05, 4.69) is 10.2 Å². The fraction of sp³-hybridized carbons (Fsp3) is 0.182. The summed E-state index contributed by atoms with van der Waals surface area (Å²) < 4.78 is 5.41. The molecular weight excluding hydrogens is 240 g/mol. The molecule has 0 unspecified atom stereocenters. The molecule has 1 heterocycles. The first kappa shape index (κ1) is 11.7. The lowest BCUT2D eigenvalue weighted by atomic mass is 10.1. The first-order valence-corrected chi connectivity index (χ1v) is 6.25. The highest BCUT2D eigenvalue weighted by Crippen LogP contribution is 2.20. The average Bonchev–Trinajstić information content (AvgIpc) is 2.78. The minimum absolute atomic E-state index is 0.201. The molecule has 0 spiro atoms. The summed E-state index contributed by atoms with van der Waals surface area (Å²) in [5.74, 6) is 0.548. The molecule has 1 N–H and O–H groups in total. The number of hydrogen-bond acceptors (Lipinski definition) is 5. The lowest BCUT2D eigenvalue weighted by Crippen LogP contribution is -1.95. The third-order valence-corrected chi connectivity index (χ3v) is 2.63. The van der Waals surface area contributed by atoms with Crippen molar-refractivity contribution in [2.45, 2.75) is 5.75 Å². The molecule has 0 saturated carbocycles. The second kappa shape index (κ2) is 5.01. The number of aromatic nitrogens is 2. The molecule has 0 bridgehead atoms. The van der Waals surface area contributed by atoms with E-state index < -0.39 is 5.97 Å². The maximum absolute atomic E-state index is 10.8. The largest absolute Gasteiger partial charge is 0.478 e. The molecule has 2 rings (SSSR count). The smallest absolute Gasteiger partial charge is 0.335 e. The second-order valence-corrected chi connectivity index (χ2v) is 4.19. The third kappa shape index (κ3) is 2.65. The molecule has 0 saturated heterocycles. The number of carboxylic acids is 1. The number of thioether (sulfide) groups is 1. The Morgan fingerprint density at radius 1 is 1.47 bits per heavy atom. The van der Waals surface area contributed by atoms with Gasteiger partial charge in [-0.15, -0.1) is 10.2 Å². The van der Waals surface area contributed by atoms with Gasteiger partial charge < -0.3 is 9.52 Å². The van der Waals surface area contributed by atoms with Gasteiger partial charge in [0.15, 0.2) is 0 Å². The Morgan fingerprint density at radius 2 is 2.29 bits per heavy atom. The summed E-state index contributed by atoms with van der Waals surface area (Å²) in [6.07, 6.45) is 1.94. The van der Waals surface area contributed by atoms with Crippen molar-refractivity contribution in [3.63, 3.8) is 0 Å². The maximum Gasteiger partial charge on any atom is 0.335 e. The van der Waals surface area contributed by atoms with Gasteiger partial charge >= 0.3 is 5.97 Å². The zero-order valence-electron chi connectivity index (χ0n) is 9.08. The highest BCUT2D eigenvalue weighted by molar-refractivity contribution is 7.97. The summed E-state index contributed by atoms with van der Waals surface area (Å²) in [7, 11) is 0. The van der Waals surface area contributed by atoms with Crippen LogP contribution in [0.3, 0.4) is 0 Å². The summed E-state index contributed by atoms with van der Waals surface area (Å²) in [6, 6.07) is 6.42. The fourth-order valence-corrected chi connectivity index (χ4v) is 1.70. The van der Waals surface area contributed by atoms with E-state index in [0.29, 0.717) is 23.1 Å². The highest BCUT2D eigenvalue weighted by atomic mass is 32.2. The van der Waals surface area contributed by atoms with Crippen LogP contribution in [0.1, 0.15) is 16.2 Å². The Balaban J connectivity index is 2.32. The highest BCUT2D eigenvalue weighted by Gasteiger charge is 2.10. The lowest BCUT2D eigenvalue weighted by Gasteiger charge is -1.97. The van der Waals surface area contributed by atoms with Crippen molar-refractivity contribution in [3.8, 4) is 11.5 Å². The minimum atomic E-state index is -0.976. The van der Waals surface area contributed by atoms with Crippen molar-refractivity contribution in [3.05, 3.63) is 35.7 Å². The van der Waals surface area contributed by atoms with Crippen molar-refractivity contribution < 1.29 is 14.3 Å². The number of rotatable bonds is 4. The molecule has 5 nitrogen and oxygen atoms in total. The van der Waals surface area contributed by atoms with E-state index in [1.807, 2.05) is 6.26 Å². The summed E-state index contributed by atoms with van der Waals surface area (Å²) in [5.41, 5.74) is 0.817. The van der Waals surface area contributed by atoms with E-state index in [4.69, 9.17) is 9.52 Å². The van der Waals surface area contributed by atoms with Crippen LogP contribution in [0.5, 0.6) is 0 Å². The Morgan fingerprint density at radius 3 is 3.00 bits per heavy atom. The van der Waals surface area contributed by atoms with E-state index in [0.717, 1.165) is 0 Å². The second-order valence-electron chi connectivity index (χ2n) is 3.32. The van der Waals surface area contributed by atoms with Crippen LogP contribution < -0.4 is 0 Å². The van der Waals surface area contributed by atoms with Gasteiger partial charge in [0.1, 0.15) is 0 Å². The Bertz CT molecular complexity index is 539. The third-order valence-electron chi connectivity index (χ3n) is 2.09. The van der Waals surface area contributed by atoms with Crippen LogP contribution in [0.2, 0.25) is 0 Å². The van der Waals surface area contributed by atoms with Crippen LogP contribution in [-0.4, -0.2) is 27.5 Å². The molecule has 0 radical (unpaired) electrons. The number of benzene rings is 1. The standard InChI is InChI=1S/C11H10N2O3S/c1-17-6-9-12-13-10(16-9)7-3-2-4-8(5-7)11(14)15/h2-5H,6H2,1H3,(H,14,15). The Hall–Kier alpha value is -1.82. The van der Waals surface area contributed by atoms with Crippen LogP contribution in [0.4, 0.5) is 0 Å². The van der Waals surface area contributed by atoms with Crippen LogP contribution in [0.25, 0.3) is 11.5 Å². The molecular formula is C11H10N2O3S. The van der Waals surface area contributed by atoms with Gasteiger partial charge in [-0.3, -0.25) is 0 Å². The summed E-state index contributed by atoms with van der Waals surface area (Å²) >= 11 is 1.58. The number of aromatic carboxylic acids is 1. The van der Waals surface area contributed by atoms with E-state index in [1.165, 1.54) is 12.1 Å². The predicted molar refractivity (Wildman–Crippen MR) is 63.9 cm³/mol. The van der Waals surface area contributed by atoms with Crippen molar-refractivity contribution >= 4 is 17.7 Å². The molecule has 17 heavy (non-hydrogen) atoms. The molecule has 0 aliphatic rings. The maximum atomic E-state index is 10.8. The van der Waals surface area contributed by atoms with Gasteiger partial charge in [0.25, 0.3) is 0 Å². The molecule has 2 aromatic rings. The molecule has 0 fully saturated rings. The van der Waals surface area contributed by atoms with Crippen molar-refractivity contribution in [2.75, 3.05) is 6.26 Å². The Labute approximate surface area is 102 Å². The first-order chi connectivity index (χ1) is 8.20. The van der Waals surface area contributed by atoms with Gasteiger partial charge in [-0.1, -0.05) is 6.07 Å². The summed E-state index contributed by atoms with van der Waals surface area (Å²) in [6.45, 7) is 0. The van der Waals surface area contributed by atoms with Gasteiger partial charge in [-0.25, -0.2) is 4.79 Å². The first-order valence-electron chi connectivity index (χ1n) is 4.86. The molecule has 6 heteroatoms. The minimum Gasteiger partial charge on any atom is -0.478 e. The number of carbonyl (C=O) groups is 1. The number of carboxylic acid groups (broad SMARTS) is 1. The van der Waals surface area contributed by atoms with E-state index in [-0.39, 0.29) is 5.56 Å². The van der Waals surface area contributed by atoms with Gasteiger partial charge in [-0.05, 0) is 24.5 Å². The van der Waals surface area contributed by atoms with E-state index >= 15 is 0 Å². The van der Waals surface area contributed by atoms with Gasteiger partial charge in [0, 0.05) is 5.56 Å². The average molecular weight is 250 g/mol. The molecule has 1 aromatic carbocycles. The fourth-order valence-electron chi connectivity index (χ4n) is 1.34. The monoisotopic (exact) mass is 250 g/mol. The Kier molecular flexibility index (Phi) is 3.43. The normalized spacial score (nSPS) is 10.4. The summed E-state index contributed by atoms with van der Waals surface area (Å²) in [4.78, 5) is 10.8. The van der Waals surface area contributed by atoms with E-state index in [1.54, 1.807) is 23.9 Å². The van der Waals surface area contributed by atoms with Crippen LogP contribution in [0.15, 0.2) is 28.7 Å². The molecule has 0 aliphatic carbocycles. The quantitative estimate of drug-likeness (QED) is 0.897. The topological polar surface area (TPSA) is 76.2 Å². The van der Waals surface area contributed by atoms with Crippen LogP contribution in [0, 0.1) is 0 Å². The van der Waals surface area contributed by atoms with Crippen LogP contribution in [-0.2, 0) is 5.75 Å². The molecule has 88 valence electrons. The van der Waals surface area contributed by atoms with Crippen molar-refractivity contribution in [2.24, 2.45) is 0 Å². The molecule has 0 atom stereocenters. The van der Waals surface area contributed by atoms with E-state index in [9.17, 15) is 4.79 Å². The van der Waals surface area contributed by atoms with Crippen molar-refractivity contribution in [1.82, 2.24) is 10.2 Å². The van der Waals surface area contributed by atoms with Gasteiger partial charge in [-0.2, -0.15) is 11.8 Å².